The zero-order chi connectivity index (χ0) is 27.3. The normalized spacial score (nSPS) is 19.7. The molecule has 11 heteroatoms. The van der Waals surface area contributed by atoms with Crippen molar-refractivity contribution in [1.82, 2.24) is 4.90 Å². The van der Waals surface area contributed by atoms with Crippen LogP contribution in [0.1, 0.15) is 41.9 Å². The number of likely N-dealkylation sites (tertiary alicyclic amines) is 1. The maximum atomic E-state index is 14.4. The number of nitriles is 1. The van der Waals surface area contributed by atoms with Crippen molar-refractivity contribution in [3.05, 3.63) is 65.0 Å². The molecule has 0 bridgehead atoms. The van der Waals surface area contributed by atoms with Crippen LogP contribution in [0.2, 0.25) is 0 Å². The molecule has 0 radical (unpaired) electrons. The van der Waals surface area contributed by atoms with Crippen LogP contribution in [0, 0.1) is 17.1 Å². The van der Waals surface area contributed by atoms with Gasteiger partial charge < -0.3 is 23.8 Å². The molecule has 2 aliphatic heterocycles. The van der Waals surface area contributed by atoms with Crippen LogP contribution in [0.5, 0.6) is 5.75 Å². The molecule has 2 saturated heterocycles. The molecule has 1 unspecified atom stereocenters. The second-order valence-corrected chi connectivity index (χ2v) is 9.51. The Balaban J connectivity index is 1.29. The Bertz CT molecular complexity index is 1160. The highest BCUT2D eigenvalue weighted by atomic mass is 19.4. The van der Waals surface area contributed by atoms with E-state index < -0.39 is 36.4 Å². The van der Waals surface area contributed by atoms with Gasteiger partial charge in [0.15, 0.2) is 0 Å². The molecule has 2 aliphatic rings. The van der Waals surface area contributed by atoms with Crippen LogP contribution in [0.25, 0.3) is 0 Å². The molecule has 2 atom stereocenters. The molecule has 0 N–H and O–H groups in total. The zero-order valence-electron chi connectivity index (χ0n) is 20.8. The van der Waals surface area contributed by atoms with Gasteiger partial charge in [-0.25, -0.2) is 9.18 Å². The van der Waals surface area contributed by atoms with Crippen LogP contribution in [0.3, 0.4) is 0 Å². The Kier molecular flexibility index (Phi) is 8.43. The topological polar surface area (TPSA) is 81.0 Å². The van der Waals surface area contributed by atoms with E-state index in [1.807, 2.05) is 6.07 Å². The molecule has 2 heterocycles. The Hall–Kier alpha value is -3.36. The van der Waals surface area contributed by atoms with E-state index in [0.29, 0.717) is 41.7 Å². The highest BCUT2D eigenvalue weighted by molar-refractivity contribution is 5.68. The second kappa shape index (κ2) is 11.6. The minimum atomic E-state index is -4.80. The quantitative estimate of drug-likeness (QED) is 0.445. The van der Waals surface area contributed by atoms with Gasteiger partial charge in [-0.15, -0.1) is 0 Å². The lowest BCUT2D eigenvalue weighted by Gasteiger charge is -2.38. The number of amides is 1. The minimum absolute atomic E-state index is 0.0866. The number of rotatable bonds is 7. The summed E-state index contributed by atoms with van der Waals surface area (Å²) in [6, 6.07) is 12.9. The van der Waals surface area contributed by atoms with Gasteiger partial charge in [0.25, 0.3) is 0 Å². The summed E-state index contributed by atoms with van der Waals surface area (Å²) in [4.78, 5) is 13.8. The van der Waals surface area contributed by atoms with Crippen LogP contribution >= 0.6 is 0 Å². The monoisotopic (exact) mass is 536 g/mol. The number of hydrogen-bond donors (Lipinski definition) is 0. The first-order valence-electron chi connectivity index (χ1n) is 12.2. The Morgan fingerprint density at radius 2 is 1.92 bits per heavy atom. The first-order chi connectivity index (χ1) is 18.1. The molecule has 2 fully saturated rings. The molecule has 0 saturated carbocycles. The Morgan fingerprint density at radius 1 is 1.21 bits per heavy atom. The molecule has 1 amide bonds. The number of benzene rings is 2. The van der Waals surface area contributed by atoms with E-state index in [1.54, 1.807) is 24.3 Å². The van der Waals surface area contributed by atoms with Crippen LogP contribution in [0.4, 0.5) is 22.4 Å². The van der Waals surface area contributed by atoms with Gasteiger partial charge in [-0.2, -0.15) is 18.4 Å². The van der Waals surface area contributed by atoms with Gasteiger partial charge in [-0.1, -0.05) is 12.1 Å². The second-order valence-electron chi connectivity index (χ2n) is 9.51. The van der Waals surface area contributed by atoms with Gasteiger partial charge in [-0.3, -0.25) is 0 Å². The highest BCUT2D eigenvalue weighted by Gasteiger charge is 2.47. The average molecular weight is 537 g/mol. The van der Waals surface area contributed by atoms with Gasteiger partial charge in [-0.05, 0) is 60.7 Å². The van der Waals surface area contributed by atoms with Crippen molar-refractivity contribution in [3.8, 4) is 11.8 Å². The summed E-state index contributed by atoms with van der Waals surface area (Å²) < 4.78 is 76.1. The van der Waals surface area contributed by atoms with E-state index in [1.165, 1.54) is 30.2 Å². The van der Waals surface area contributed by atoms with Crippen molar-refractivity contribution >= 4 is 6.09 Å². The summed E-state index contributed by atoms with van der Waals surface area (Å²) in [6.45, 7) is -0.376. The number of halogens is 4. The summed E-state index contributed by atoms with van der Waals surface area (Å²) in [5.74, 6) is -0.0552. The lowest BCUT2D eigenvalue weighted by Crippen LogP contribution is -2.49. The number of hydrogen-bond acceptors (Lipinski definition) is 6. The van der Waals surface area contributed by atoms with Gasteiger partial charge in [0, 0.05) is 19.0 Å². The third-order valence-corrected chi connectivity index (χ3v) is 7.01. The molecule has 0 aromatic heterocycles. The third kappa shape index (κ3) is 6.55. The molecule has 2 aromatic carbocycles. The van der Waals surface area contributed by atoms with E-state index in [0.717, 1.165) is 0 Å². The summed E-state index contributed by atoms with van der Waals surface area (Å²) >= 11 is 0. The first-order valence-corrected chi connectivity index (χ1v) is 12.2. The van der Waals surface area contributed by atoms with E-state index in [2.05, 4.69) is 0 Å². The molecule has 2 aromatic rings. The predicted molar refractivity (Wildman–Crippen MR) is 127 cm³/mol. The van der Waals surface area contributed by atoms with Crippen LogP contribution < -0.4 is 4.74 Å². The molecule has 0 aliphatic carbocycles. The van der Waals surface area contributed by atoms with E-state index >= 15 is 0 Å². The van der Waals surface area contributed by atoms with Crippen molar-refractivity contribution in [2.45, 2.75) is 49.7 Å². The largest absolute Gasteiger partial charge is 0.497 e. The summed E-state index contributed by atoms with van der Waals surface area (Å²) in [5.41, 5.74) is 0.799. The Labute approximate surface area is 217 Å². The highest BCUT2D eigenvalue weighted by Crippen LogP contribution is 2.43. The minimum Gasteiger partial charge on any atom is -0.497 e. The van der Waals surface area contributed by atoms with Gasteiger partial charge in [0.05, 0.1) is 44.2 Å². The van der Waals surface area contributed by atoms with Gasteiger partial charge in [0.1, 0.15) is 11.6 Å². The van der Waals surface area contributed by atoms with Crippen LogP contribution in [0.15, 0.2) is 42.5 Å². The Morgan fingerprint density at radius 3 is 2.55 bits per heavy atom. The number of ether oxygens (including phenoxy) is 4. The predicted octanol–water partition coefficient (Wildman–Crippen LogP) is 5.33. The molecule has 1 spiro atoms. The number of alkyl halides is 3. The maximum Gasteiger partial charge on any atom is 0.427 e. The fourth-order valence-electron chi connectivity index (χ4n) is 4.81. The lowest BCUT2D eigenvalue weighted by atomic mass is 9.83. The number of nitrogens with zero attached hydrogens (tertiary/aromatic N) is 2. The fourth-order valence-corrected chi connectivity index (χ4v) is 4.81. The smallest absolute Gasteiger partial charge is 0.427 e. The molecular weight excluding hydrogens is 508 g/mol. The van der Waals surface area contributed by atoms with Crippen molar-refractivity contribution in [1.29, 1.82) is 5.26 Å². The average Bonchev–Trinajstić information content (AvgIpc) is 3.31. The van der Waals surface area contributed by atoms with Crippen molar-refractivity contribution < 1.29 is 41.3 Å². The molecule has 38 heavy (non-hydrogen) atoms. The van der Waals surface area contributed by atoms with E-state index in [-0.39, 0.29) is 32.2 Å². The van der Waals surface area contributed by atoms with Gasteiger partial charge >= 0.3 is 12.3 Å². The number of carbonyl (C=O) groups is 1. The summed E-state index contributed by atoms with van der Waals surface area (Å²) in [6.07, 6.45) is -7.03. The number of carbonyl (C=O) groups excluding carboxylic acids is 1. The van der Waals surface area contributed by atoms with Crippen LogP contribution in [-0.4, -0.2) is 62.3 Å². The van der Waals surface area contributed by atoms with Crippen molar-refractivity contribution in [3.63, 3.8) is 0 Å². The maximum absolute atomic E-state index is 14.4. The van der Waals surface area contributed by atoms with Gasteiger partial charge in [0.2, 0.25) is 6.10 Å². The fraction of sp³-hybridized carbons (Fsp3) is 0.481. The van der Waals surface area contributed by atoms with Crippen molar-refractivity contribution in [2.24, 2.45) is 0 Å². The first kappa shape index (κ1) is 27.7. The third-order valence-electron chi connectivity index (χ3n) is 7.01. The molecule has 4 rings (SSSR count). The SMILES string of the molecule is COc1ccc(COC[C@@H](OC(=O)N2CCC3(CC2)CC(c2cc(C#N)ccc2F)CO3)C(F)(F)F)cc1. The molecular formula is C27H28F4N2O5. The summed E-state index contributed by atoms with van der Waals surface area (Å²) in [7, 11) is 1.51. The zero-order valence-corrected chi connectivity index (χ0v) is 20.8. The van der Waals surface area contributed by atoms with Crippen molar-refractivity contribution in [2.75, 3.05) is 33.4 Å². The number of piperidine rings is 1. The van der Waals surface area contributed by atoms with E-state index in [9.17, 15) is 22.4 Å². The van der Waals surface area contributed by atoms with Crippen LogP contribution in [-0.2, 0) is 20.8 Å². The standard InChI is InChI=1S/C27H28F4N2O5/c1-35-21-5-2-18(3-6-21)15-36-17-24(27(29,30)31)38-25(34)33-10-8-26(9-11-33)13-20(16-37-26)22-12-19(14-32)4-7-23(22)28/h2-7,12,20,24H,8-11,13,15-17H2,1H3/t20?,24-/m1/s1. The molecule has 7 nitrogen and oxygen atoms in total. The van der Waals surface area contributed by atoms with E-state index in [4.69, 9.17) is 24.2 Å². The summed E-state index contributed by atoms with van der Waals surface area (Å²) in [5, 5.41) is 9.11. The number of methoxy groups -OCH3 is 1. The molecule has 204 valence electrons. The lowest BCUT2D eigenvalue weighted by molar-refractivity contribution is -0.220.